The standard InChI is InChI=1S/C13H28N2/c1-8-13(9-2,15(6)7)12(11(4)5)14-10-3/h12,14H,4,8-10H2,1-3,5-7H3. The molecule has 15 heavy (non-hydrogen) atoms. The normalized spacial score (nSPS) is 14.3. The number of likely N-dealkylation sites (N-methyl/N-ethyl adjacent to an activating group) is 2. The maximum absolute atomic E-state index is 4.13. The second-order valence-electron chi connectivity index (χ2n) is 4.54. The fourth-order valence-corrected chi connectivity index (χ4v) is 2.58. The zero-order valence-corrected chi connectivity index (χ0v) is 11.4. The van der Waals surface area contributed by atoms with Crippen LogP contribution in [0.5, 0.6) is 0 Å². The summed E-state index contributed by atoms with van der Waals surface area (Å²) >= 11 is 0. The van der Waals surface area contributed by atoms with Crippen LogP contribution < -0.4 is 5.32 Å². The largest absolute Gasteiger partial charge is 0.309 e. The van der Waals surface area contributed by atoms with Crippen molar-refractivity contribution >= 4 is 0 Å². The molecule has 2 nitrogen and oxygen atoms in total. The molecule has 0 aliphatic heterocycles. The van der Waals surface area contributed by atoms with Gasteiger partial charge in [-0.05, 0) is 40.4 Å². The Morgan fingerprint density at radius 3 is 1.93 bits per heavy atom. The van der Waals surface area contributed by atoms with Gasteiger partial charge in [0.2, 0.25) is 0 Å². The van der Waals surface area contributed by atoms with Crippen LogP contribution in [0.25, 0.3) is 0 Å². The van der Waals surface area contributed by atoms with E-state index in [1.807, 2.05) is 0 Å². The van der Waals surface area contributed by atoms with E-state index in [1.54, 1.807) is 0 Å². The molecule has 0 aromatic rings. The van der Waals surface area contributed by atoms with Gasteiger partial charge in [-0.3, -0.25) is 0 Å². The van der Waals surface area contributed by atoms with Gasteiger partial charge in [-0.15, -0.1) is 0 Å². The highest BCUT2D eigenvalue weighted by atomic mass is 15.2. The van der Waals surface area contributed by atoms with Crippen LogP contribution in [0.3, 0.4) is 0 Å². The van der Waals surface area contributed by atoms with Gasteiger partial charge in [-0.25, -0.2) is 0 Å². The van der Waals surface area contributed by atoms with Gasteiger partial charge < -0.3 is 10.2 Å². The molecule has 0 aliphatic carbocycles. The van der Waals surface area contributed by atoms with E-state index in [-0.39, 0.29) is 5.54 Å². The van der Waals surface area contributed by atoms with Crippen LogP contribution in [-0.2, 0) is 0 Å². The molecule has 0 amide bonds. The van der Waals surface area contributed by atoms with Crippen molar-refractivity contribution < 1.29 is 0 Å². The molecular weight excluding hydrogens is 184 g/mol. The smallest absolute Gasteiger partial charge is 0.0460 e. The van der Waals surface area contributed by atoms with Crippen LogP contribution >= 0.6 is 0 Å². The number of rotatable bonds is 7. The van der Waals surface area contributed by atoms with Gasteiger partial charge in [-0.2, -0.15) is 0 Å². The fraction of sp³-hybridized carbons (Fsp3) is 0.846. The Morgan fingerprint density at radius 1 is 1.27 bits per heavy atom. The Kier molecular flexibility index (Phi) is 6.15. The lowest BCUT2D eigenvalue weighted by Gasteiger charge is -2.46. The summed E-state index contributed by atoms with van der Waals surface area (Å²) in [6, 6.07) is 0.382. The molecule has 0 aromatic carbocycles. The summed E-state index contributed by atoms with van der Waals surface area (Å²) in [5.74, 6) is 0. The molecule has 1 N–H and O–H groups in total. The van der Waals surface area contributed by atoms with E-state index in [0.717, 1.165) is 19.4 Å². The van der Waals surface area contributed by atoms with Crippen molar-refractivity contribution in [3.8, 4) is 0 Å². The van der Waals surface area contributed by atoms with Crippen LogP contribution in [0, 0.1) is 0 Å². The summed E-state index contributed by atoms with van der Waals surface area (Å²) in [5.41, 5.74) is 1.43. The average Bonchev–Trinajstić information content (AvgIpc) is 2.18. The Hall–Kier alpha value is -0.340. The van der Waals surface area contributed by atoms with Crippen LogP contribution in [0.2, 0.25) is 0 Å². The molecule has 0 heterocycles. The lowest BCUT2D eigenvalue weighted by Crippen LogP contribution is -2.58. The Balaban J connectivity index is 5.06. The first-order valence-corrected chi connectivity index (χ1v) is 6.02. The monoisotopic (exact) mass is 212 g/mol. The minimum Gasteiger partial charge on any atom is -0.309 e. The minimum atomic E-state index is 0.196. The van der Waals surface area contributed by atoms with Gasteiger partial charge >= 0.3 is 0 Å². The van der Waals surface area contributed by atoms with Gasteiger partial charge in [0.05, 0.1) is 0 Å². The maximum atomic E-state index is 4.13. The highest BCUT2D eigenvalue weighted by molar-refractivity contribution is 5.14. The Labute approximate surface area is 95.7 Å². The summed E-state index contributed by atoms with van der Waals surface area (Å²) in [6.45, 7) is 13.9. The molecule has 0 aromatic heterocycles. The van der Waals surface area contributed by atoms with E-state index < -0.39 is 0 Å². The molecule has 0 aliphatic rings. The number of nitrogens with zero attached hydrogens (tertiary/aromatic N) is 1. The van der Waals surface area contributed by atoms with Crippen LogP contribution in [0.4, 0.5) is 0 Å². The van der Waals surface area contributed by atoms with Crippen molar-refractivity contribution in [3.63, 3.8) is 0 Å². The minimum absolute atomic E-state index is 0.196. The zero-order valence-electron chi connectivity index (χ0n) is 11.4. The molecule has 0 rings (SSSR count). The molecule has 2 heteroatoms. The quantitative estimate of drug-likeness (QED) is 0.653. The second-order valence-corrected chi connectivity index (χ2v) is 4.54. The van der Waals surface area contributed by atoms with Crippen molar-refractivity contribution in [3.05, 3.63) is 12.2 Å². The van der Waals surface area contributed by atoms with Crippen LogP contribution in [0.15, 0.2) is 12.2 Å². The molecule has 1 unspecified atom stereocenters. The summed E-state index contributed by atoms with van der Waals surface area (Å²) in [6.07, 6.45) is 2.28. The highest BCUT2D eigenvalue weighted by Crippen LogP contribution is 2.29. The Morgan fingerprint density at radius 2 is 1.73 bits per heavy atom. The molecule has 0 radical (unpaired) electrons. The number of hydrogen-bond donors (Lipinski definition) is 1. The maximum Gasteiger partial charge on any atom is 0.0460 e. The van der Waals surface area contributed by atoms with Gasteiger partial charge in [0, 0.05) is 11.6 Å². The van der Waals surface area contributed by atoms with E-state index in [2.05, 4.69) is 58.6 Å². The van der Waals surface area contributed by atoms with E-state index in [0.29, 0.717) is 6.04 Å². The van der Waals surface area contributed by atoms with E-state index in [4.69, 9.17) is 0 Å². The van der Waals surface area contributed by atoms with Gasteiger partial charge in [0.25, 0.3) is 0 Å². The predicted octanol–water partition coefficient (Wildman–Crippen LogP) is 2.66. The second kappa shape index (κ2) is 6.29. The third-order valence-electron chi connectivity index (χ3n) is 3.55. The first-order valence-electron chi connectivity index (χ1n) is 6.02. The predicted molar refractivity (Wildman–Crippen MR) is 69.3 cm³/mol. The topological polar surface area (TPSA) is 15.3 Å². The molecular formula is C13H28N2. The summed E-state index contributed by atoms with van der Waals surface area (Å²) in [5, 5.41) is 3.56. The molecule has 0 saturated carbocycles. The van der Waals surface area contributed by atoms with E-state index in [1.165, 1.54) is 5.57 Å². The molecule has 0 fully saturated rings. The summed E-state index contributed by atoms with van der Waals surface area (Å²) in [7, 11) is 4.33. The van der Waals surface area contributed by atoms with Crippen molar-refractivity contribution in [1.29, 1.82) is 0 Å². The van der Waals surface area contributed by atoms with Crippen LogP contribution in [0.1, 0.15) is 40.5 Å². The van der Waals surface area contributed by atoms with E-state index in [9.17, 15) is 0 Å². The van der Waals surface area contributed by atoms with Gasteiger partial charge in [0.1, 0.15) is 0 Å². The lowest BCUT2D eigenvalue weighted by atomic mass is 9.80. The first kappa shape index (κ1) is 14.7. The average molecular weight is 212 g/mol. The first-order chi connectivity index (χ1) is 6.96. The molecule has 0 spiro atoms. The summed E-state index contributed by atoms with van der Waals surface area (Å²) in [4.78, 5) is 2.34. The van der Waals surface area contributed by atoms with Crippen LogP contribution in [-0.4, -0.2) is 37.1 Å². The molecule has 0 saturated heterocycles. The Bertz CT molecular complexity index is 193. The zero-order chi connectivity index (χ0) is 12.1. The number of hydrogen-bond acceptors (Lipinski definition) is 2. The molecule has 1 atom stereocenters. The molecule has 0 bridgehead atoms. The van der Waals surface area contributed by atoms with Crippen molar-refractivity contribution in [1.82, 2.24) is 10.2 Å². The third kappa shape index (κ3) is 3.05. The third-order valence-corrected chi connectivity index (χ3v) is 3.55. The fourth-order valence-electron chi connectivity index (χ4n) is 2.58. The summed E-state index contributed by atoms with van der Waals surface area (Å²) < 4.78 is 0. The van der Waals surface area contributed by atoms with E-state index >= 15 is 0 Å². The van der Waals surface area contributed by atoms with Crippen molar-refractivity contribution in [2.24, 2.45) is 0 Å². The van der Waals surface area contributed by atoms with Gasteiger partial charge in [0.15, 0.2) is 0 Å². The lowest BCUT2D eigenvalue weighted by molar-refractivity contribution is 0.104. The SMILES string of the molecule is C=C(C)C(NCC)C(CC)(CC)N(C)C. The van der Waals surface area contributed by atoms with Crippen molar-refractivity contribution in [2.45, 2.75) is 52.1 Å². The van der Waals surface area contributed by atoms with Gasteiger partial charge in [-0.1, -0.05) is 32.9 Å². The molecule has 90 valence electrons. The number of nitrogens with one attached hydrogen (secondary N) is 1. The highest BCUT2D eigenvalue weighted by Gasteiger charge is 2.37. The van der Waals surface area contributed by atoms with Crippen molar-refractivity contribution in [2.75, 3.05) is 20.6 Å².